The molecule has 7 nitrogen and oxygen atoms in total. The molecule has 1 amide bonds. The number of hydrogen-bond donors (Lipinski definition) is 2. The first kappa shape index (κ1) is 23.5. The van der Waals surface area contributed by atoms with E-state index in [1.165, 1.54) is 18.2 Å². The number of amides is 1. The maximum Gasteiger partial charge on any atom is 0.416 e. The molecule has 0 unspecified atom stereocenters. The van der Waals surface area contributed by atoms with Gasteiger partial charge in [-0.05, 0) is 42.8 Å². The molecule has 3 aliphatic rings. The molecule has 11 heteroatoms. The molecule has 3 aliphatic heterocycles. The predicted molar refractivity (Wildman–Crippen MR) is 126 cm³/mol. The Hall–Kier alpha value is -4.28. The van der Waals surface area contributed by atoms with E-state index >= 15 is 4.39 Å². The molecule has 2 N–H and O–H groups in total. The van der Waals surface area contributed by atoms with E-state index in [0.717, 1.165) is 12.1 Å². The number of nitrogens with zero attached hydrogens (tertiary/aromatic N) is 4. The molecule has 3 heterocycles. The van der Waals surface area contributed by atoms with Crippen LogP contribution in [-0.4, -0.2) is 34.0 Å². The summed E-state index contributed by atoms with van der Waals surface area (Å²) in [7, 11) is 1.59. The number of alkyl halides is 3. The van der Waals surface area contributed by atoms with Crippen LogP contribution in [0.25, 0.3) is 22.5 Å². The second-order valence-electron chi connectivity index (χ2n) is 8.31. The van der Waals surface area contributed by atoms with Gasteiger partial charge in [0.2, 0.25) is 5.62 Å². The number of benzene rings is 2. The van der Waals surface area contributed by atoms with Crippen molar-refractivity contribution >= 4 is 17.4 Å². The van der Waals surface area contributed by atoms with Gasteiger partial charge in [-0.3, -0.25) is 9.79 Å². The van der Waals surface area contributed by atoms with Crippen LogP contribution < -0.4 is 16.3 Å². The van der Waals surface area contributed by atoms with Crippen molar-refractivity contribution in [3.05, 3.63) is 76.8 Å². The SMILES string of the molecule is CN=c1ncc2cc(-c3c(C)ccc(C(=O)Nc4cccc(C(F)(F)F)c4)c3F)c3n(c-2n1)CCN3. The number of anilines is 2. The van der Waals surface area contributed by atoms with Gasteiger partial charge in [0, 0.05) is 48.7 Å². The monoisotopic (exact) mass is 496 g/mol. The van der Waals surface area contributed by atoms with Crippen molar-refractivity contribution in [1.82, 2.24) is 14.5 Å². The highest BCUT2D eigenvalue weighted by Crippen LogP contribution is 2.40. The summed E-state index contributed by atoms with van der Waals surface area (Å²) in [6, 6.07) is 8.86. The number of carbonyl (C=O) groups excluding carboxylic acids is 1. The zero-order valence-electron chi connectivity index (χ0n) is 19.2. The summed E-state index contributed by atoms with van der Waals surface area (Å²) in [5, 5.41) is 5.63. The largest absolute Gasteiger partial charge is 0.416 e. The van der Waals surface area contributed by atoms with Crippen LogP contribution in [0, 0.1) is 12.7 Å². The average Bonchev–Trinajstić information content (AvgIpc) is 3.34. The molecule has 0 spiro atoms. The van der Waals surface area contributed by atoms with Crippen LogP contribution in [-0.2, 0) is 12.7 Å². The standard InChI is InChI=1S/C25H20F4N6O/c1-13-6-7-17(23(36)33-16-5-3-4-15(11-16)25(27,28)29)20(26)19(13)18-10-14-12-32-24(30-2)34-21(14)35-9-8-31-22(18)35/h3-7,10-12,31H,8-9H2,1-2H3,(H,33,36). The van der Waals surface area contributed by atoms with E-state index in [2.05, 4.69) is 25.6 Å². The van der Waals surface area contributed by atoms with Gasteiger partial charge >= 0.3 is 6.18 Å². The summed E-state index contributed by atoms with van der Waals surface area (Å²) in [6.07, 6.45) is -2.96. The van der Waals surface area contributed by atoms with E-state index in [9.17, 15) is 18.0 Å². The fourth-order valence-corrected chi connectivity index (χ4v) is 4.31. The number of rotatable bonds is 3. The second kappa shape index (κ2) is 8.74. The van der Waals surface area contributed by atoms with Crippen molar-refractivity contribution in [2.24, 2.45) is 4.99 Å². The number of hydrogen-bond acceptors (Lipinski definition) is 5. The molecular formula is C25H20F4N6O. The molecule has 0 aromatic heterocycles. The normalized spacial score (nSPS) is 13.6. The summed E-state index contributed by atoms with van der Waals surface area (Å²) in [5.74, 6) is -0.355. The molecule has 0 radical (unpaired) electrons. The third-order valence-corrected chi connectivity index (χ3v) is 6.00. The van der Waals surface area contributed by atoms with Crippen molar-refractivity contribution in [3.8, 4) is 22.5 Å². The second-order valence-corrected chi connectivity index (χ2v) is 8.31. The van der Waals surface area contributed by atoms with Gasteiger partial charge in [0.25, 0.3) is 5.91 Å². The lowest BCUT2D eigenvalue weighted by Gasteiger charge is -2.19. The Kier molecular flexibility index (Phi) is 5.70. The van der Waals surface area contributed by atoms with E-state index in [1.54, 1.807) is 32.3 Å². The molecule has 0 bridgehead atoms. The molecule has 2 aromatic rings. The van der Waals surface area contributed by atoms with Crippen molar-refractivity contribution in [1.29, 1.82) is 0 Å². The van der Waals surface area contributed by atoms with Gasteiger partial charge in [-0.1, -0.05) is 12.1 Å². The lowest BCUT2D eigenvalue weighted by atomic mass is 9.95. The average molecular weight is 496 g/mol. The quantitative estimate of drug-likeness (QED) is 0.402. The van der Waals surface area contributed by atoms with Gasteiger partial charge in [-0.25, -0.2) is 9.37 Å². The summed E-state index contributed by atoms with van der Waals surface area (Å²) in [6.45, 7) is 2.92. The van der Waals surface area contributed by atoms with Crippen molar-refractivity contribution < 1.29 is 22.4 Å². The van der Waals surface area contributed by atoms with Gasteiger partial charge in [0.05, 0.1) is 11.1 Å². The van der Waals surface area contributed by atoms with Gasteiger partial charge in [0.1, 0.15) is 17.5 Å². The Morgan fingerprint density at radius 2 is 2.00 bits per heavy atom. The van der Waals surface area contributed by atoms with E-state index in [1.807, 2.05) is 4.57 Å². The fraction of sp³-hybridized carbons (Fsp3) is 0.200. The first-order valence-electron chi connectivity index (χ1n) is 11.0. The Balaban J connectivity index is 1.60. The minimum atomic E-state index is -4.57. The van der Waals surface area contributed by atoms with Crippen molar-refractivity contribution in [2.75, 3.05) is 24.2 Å². The predicted octanol–water partition coefficient (Wildman–Crippen LogP) is 4.72. The van der Waals surface area contributed by atoms with Crippen LogP contribution in [0.3, 0.4) is 0 Å². The fourth-order valence-electron chi connectivity index (χ4n) is 4.31. The first-order valence-corrected chi connectivity index (χ1v) is 11.0. The zero-order chi connectivity index (χ0) is 25.6. The number of carbonyl (C=O) groups is 1. The van der Waals surface area contributed by atoms with Gasteiger partial charge < -0.3 is 15.2 Å². The molecule has 0 atom stereocenters. The third-order valence-electron chi connectivity index (χ3n) is 6.00. The van der Waals surface area contributed by atoms with Gasteiger partial charge in [-0.15, -0.1) is 0 Å². The Morgan fingerprint density at radius 1 is 1.19 bits per heavy atom. The summed E-state index contributed by atoms with van der Waals surface area (Å²) >= 11 is 0. The van der Waals surface area contributed by atoms with Crippen LogP contribution in [0.15, 0.2) is 53.7 Å². The number of pyridine rings is 1. The van der Waals surface area contributed by atoms with Crippen LogP contribution in [0.2, 0.25) is 0 Å². The molecule has 0 saturated heterocycles. The molecule has 2 aromatic carbocycles. The first-order chi connectivity index (χ1) is 17.2. The van der Waals surface area contributed by atoms with Crippen molar-refractivity contribution in [3.63, 3.8) is 0 Å². The number of halogens is 4. The topological polar surface area (TPSA) is 84.2 Å². The molecule has 36 heavy (non-hydrogen) atoms. The molecule has 0 saturated carbocycles. The maximum absolute atomic E-state index is 15.9. The van der Waals surface area contributed by atoms with Crippen LogP contribution in [0.4, 0.5) is 29.1 Å². The Morgan fingerprint density at radius 3 is 2.75 bits per heavy atom. The van der Waals surface area contributed by atoms with Crippen molar-refractivity contribution in [2.45, 2.75) is 19.6 Å². The smallest absolute Gasteiger partial charge is 0.369 e. The summed E-state index contributed by atoms with van der Waals surface area (Å²) in [5.41, 5.74) is 1.01. The lowest BCUT2D eigenvalue weighted by molar-refractivity contribution is -0.137. The highest BCUT2D eigenvalue weighted by atomic mass is 19.4. The molecule has 184 valence electrons. The number of fused-ring (bicyclic) bond motifs is 3. The van der Waals surface area contributed by atoms with Gasteiger partial charge in [0.15, 0.2) is 0 Å². The van der Waals surface area contributed by atoms with E-state index in [4.69, 9.17) is 0 Å². The zero-order valence-corrected chi connectivity index (χ0v) is 19.2. The van der Waals surface area contributed by atoms with E-state index in [-0.39, 0.29) is 16.8 Å². The van der Waals surface area contributed by atoms with Crippen LogP contribution >= 0.6 is 0 Å². The molecular weight excluding hydrogens is 476 g/mol. The number of nitrogens with one attached hydrogen (secondary N) is 2. The molecule has 5 rings (SSSR count). The minimum Gasteiger partial charge on any atom is -0.369 e. The maximum atomic E-state index is 15.9. The number of aromatic nitrogens is 3. The highest BCUT2D eigenvalue weighted by molar-refractivity contribution is 6.05. The third kappa shape index (κ3) is 4.06. The highest BCUT2D eigenvalue weighted by Gasteiger charge is 2.31. The Bertz CT molecular complexity index is 1540. The molecule has 0 aliphatic carbocycles. The Labute approximate surface area is 202 Å². The van der Waals surface area contributed by atoms with Crippen LogP contribution in [0.1, 0.15) is 21.5 Å². The summed E-state index contributed by atoms with van der Waals surface area (Å²) < 4.78 is 57.0. The summed E-state index contributed by atoms with van der Waals surface area (Å²) in [4.78, 5) is 25.6. The number of aryl methyl sites for hydroxylation is 1. The molecule has 0 fully saturated rings. The van der Waals surface area contributed by atoms with Crippen LogP contribution in [0.5, 0.6) is 0 Å². The minimum absolute atomic E-state index is 0.0885. The van der Waals surface area contributed by atoms with E-state index < -0.39 is 23.5 Å². The van der Waals surface area contributed by atoms with Gasteiger partial charge in [-0.2, -0.15) is 18.2 Å². The van der Waals surface area contributed by atoms with E-state index in [0.29, 0.717) is 47.0 Å². The lowest BCUT2D eigenvalue weighted by Crippen LogP contribution is -2.18.